The Labute approximate surface area is 174 Å². The van der Waals surface area contributed by atoms with Gasteiger partial charge in [0.25, 0.3) is 15.9 Å². The van der Waals surface area contributed by atoms with E-state index in [-0.39, 0.29) is 22.9 Å². The first-order valence-corrected chi connectivity index (χ1v) is 10.7. The van der Waals surface area contributed by atoms with E-state index < -0.39 is 27.9 Å². The van der Waals surface area contributed by atoms with Gasteiger partial charge in [-0.15, -0.1) is 0 Å². The third-order valence-corrected chi connectivity index (χ3v) is 6.52. The van der Waals surface area contributed by atoms with Crippen LogP contribution in [0.15, 0.2) is 77.7 Å². The summed E-state index contributed by atoms with van der Waals surface area (Å²) in [6.45, 7) is 1.65. The molecule has 1 heterocycles. The Bertz CT molecular complexity index is 1200. The number of halogens is 1. The number of benzene rings is 3. The average Bonchev–Trinajstić information content (AvgIpc) is 2.73. The van der Waals surface area contributed by atoms with Crippen molar-refractivity contribution in [2.24, 2.45) is 0 Å². The zero-order valence-corrected chi connectivity index (χ0v) is 16.9. The van der Waals surface area contributed by atoms with Crippen LogP contribution in [0.1, 0.15) is 5.56 Å². The molecule has 0 spiro atoms. The molecular weight excluding hydrogens is 407 g/mol. The second-order valence-electron chi connectivity index (χ2n) is 6.92. The van der Waals surface area contributed by atoms with Gasteiger partial charge >= 0.3 is 0 Å². The highest BCUT2D eigenvalue weighted by Gasteiger charge is 2.37. The van der Waals surface area contributed by atoms with Gasteiger partial charge in [-0.25, -0.2) is 12.8 Å². The molecule has 6 nitrogen and oxygen atoms in total. The molecule has 0 aliphatic carbocycles. The van der Waals surface area contributed by atoms with E-state index in [0.29, 0.717) is 5.69 Å². The first kappa shape index (κ1) is 19.9. The number of ether oxygens (including phenoxy) is 1. The van der Waals surface area contributed by atoms with Crippen LogP contribution in [0.3, 0.4) is 0 Å². The number of amides is 1. The summed E-state index contributed by atoms with van der Waals surface area (Å²) in [4.78, 5) is 12.9. The van der Waals surface area contributed by atoms with Gasteiger partial charge < -0.3 is 10.1 Å². The average molecular weight is 426 g/mol. The van der Waals surface area contributed by atoms with Gasteiger partial charge in [-0.3, -0.25) is 9.10 Å². The second kappa shape index (κ2) is 7.79. The maximum atomic E-state index is 13.4. The first-order valence-electron chi connectivity index (χ1n) is 9.26. The maximum absolute atomic E-state index is 13.4. The molecule has 0 fully saturated rings. The molecule has 3 aromatic carbocycles. The quantitative estimate of drug-likeness (QED) is 0.690. The Morgan fingerprint density at radius 2 is 1.80 bits per heavy atom. The van der Waals surface area contributed by atoms with Crippen LogP contribution in [-0.2, 0) is 14.8 Å². The summed E-state index contributed by atoms with van der Waals surface area (Å²) in [5.41, 5.74) is 1.55. The number of nitrogens with zero attached hydrogens (tertiary/aromatic N) is 1. The normalized spacial score (nSPS) is 15.8. The van der Waals surface area contributed by atoms with Crippen LogP contribution in [-0.4, -0.2) is 27.0 Å². The van der Waals surface area contributed by atoms with E-state index in [1.165, 1.54) is 34.6 Å². The van der Waals surface area contributed by atoms with Gasteiger partial charge in [0.2, 0.25) is 0 Å². The minimum absolute atomic E-state index is 0.120. The van der Waals surface area contributed by atoms with Gasteiger partial charge in [0.1, 0.15) is 11.6 Å². The number of hydrogen-bond donors (Lipinski definition) is 1. The van der Waals surface area contributed by atoms with Crippen molar-refractivity contribution in [3.8, 4) is 5.75 Å². The summed E-state index contributed by atoms with van der Waals surface area (Å²) >= 11 is 0. The minimum atomic E-state index is -3.92. The monoisotopic (exact) mass is 426 g/mol. The summed E-state index contributed by atoms with van der Waals surface area (Å²) in [6, 6.07) is 18.6. The number of hydrogen-bond acceptors (Lipinski definition) is 4. The van der Waals surface area contributed by atoms with Crippen molar-refractivity contribution in [1.29, 1.82) is 0 Å². The molecule has 0 saturated carbocycles. The Kier molecular flexibility index (Phi) is 5.17. The fourth-order valence-corrected chi connectivity index (χ4v) is 4.67. The maximum Gasteiger partial charge on any atom is 0.267 e. The zero-order valence-electron chi connectivity index (χ0n) is 16.1. The lowest BCUT2D eigenvalue weighted by Crippen LogP contribution is -2.48. The van der Waals surface area contributed by atoms with Gasteiger partial charge in [0, 0.05) is 5.69 Å². The van der Waals surface area contributed by atoms with Crippen molar-refractivity contribution < 1.29 is 22.3 Å². The van der Waals surface area contributed by atoms with E-state index in [0.717, 1.165) is 5.56 Å². The van der Waals surface area contributed by atoms with Crippen LogP contribution in [0.2, 0.25) is 0 Å². The molecule has 0 radical (unpaired) electrons. The van der Waals surface area contributed by atoms with Crippen molar-refractivity contribution in [2.45, 2.75) is 17.9 Å². The van der Waals surface area contributed by atoms with Crippen molar-refractivity contribution in [1.82, 2.24) is 0 Å². The topological polar surface area (TPSA) is 75.7 Å². The molecule has 1 amide bonds. The lowest BCUT2D eigenvalue weighted by molar-refractivity contribution is -0.122. The zero-order chi connectivity index (χ0) is 21.3. The minimum Gasteiger partial charge on any atom is -0.476 e. The van der Waals surface area contributed by atoms with E-state index in [4.69, 9.17) is 4.74 Å². The predicted molar refractivity (Wildman–Crippen MR) is 112 cm³/mol. The highest BCUT2D eigenvalue weighted by Crippen LogP contribution is 2.37. The largest absolute Gasteiger partial charge is 0.476 e. The summed E-state index contributed by atoms with van der Waals surface area (Å²) in [5, 5.41) is 2.58. The molecule has 3 aromatic rings. The highest BCUT2D eigenvalue weighted by molar-refractivity contribution is 7.92. The fourth-order valence-electron chi connectivity index (χ4n) is 3.19. The summed E-state index contributed by atoms with van der Waals surface area (Å²) in [7, 11) is -3.92. The Morgan fingerprint density at radius 1 is 1.07 bits per heavy atom. The van der Waals surface area contributed by atoms with Gasteiger partial charge in [0.15, 0.2) is 6.10 Å². The summed E-state index contributed by atoms with van der Waals surface area (Å²) in [5.74, 6) is -0.788. The summed E-state index contributed by atoms with van der Waals surface area (Å²) < 4.78 is 47.0. The Hall–Kier alpha value is -3.39. The molecule has 1 aliphatic rings. The molecule has 0 aromatic heterocycles. The van der Waals surface area contributed by atoms with E-state index in [9.17, 15) is 17.6 Å². The molecule has 30 heavy (non-hydrogen) atoms. The standard InChI is InChI=1S/C22H19FN2O4S/c1-15-9-11-18(12-10-15)30(27,28)25-14-21(29-20-8-3-2-7-19(20)25)22(26)24-17-6-4-5-16(23)13-17/h2-13,21H,14H2,1H3,(H,24,26). The molecule has 1 atom stereocenters. The van der Waals surface area contributed by atoms with Gasteiger partial charge in [-0.05, 0) is 49.4 Å². The molecule has 4 rings (SSSR count). The number of carbonyl (C=O) groups is 1. The predicted octanol–water partition coefficient (Wildman–Crippen LogP) is 3.73. The molecule has 1 N–H and O–H groups in total. The smallest absolute Gasteiger partial charge is 0.267 e. The van der Waals surface area contributed by atoms with Crippen molar-refractivity contribution in [2.75, 3.05) is 16.2 Å². The third kappa shape index (κ3) is 3.86. The number of fused-ring (bicyclic) bond motifs is 1. The fraction of sp³-hybridized carbons (Fsp3) is 0.136. The number of rotatable bonds is 4. The van der Waals surface area contributed by atoms with Gasteiger partial charge in [-0.2, -0.15) is 0 Å². The number of para-hydroxylation sites is 2. The number of sulfonamides is 1. The number of aryl methyl sites for hydroxylation is 1. The van der Waals surface area contributed by atoms with Crippen LogP contribution in [0.4, 0.5) is 15.8 Å². The molecule has 0 saturated heterocycles. The van der Waals surface area contributed by atoms with Gasteiger partial charge in [0.05, 0.1) is 17.1 Å². The van der Waals surface area contributed by atoms with E-state index in [1.54, 1.807) is 42.5 Å². The van der Waals surface area contributed by atoms with Crippen LogP contribution in [0.25, 0.3) is 0 Å². The van der Waals surface area contributed by atoms with Crippen molar-refractivity contribution in [3.05, 3.63) is 84.2 Å². The molecule has 0 bridgehead atoms. The number of carbonyl (C=O) groups excluding carboxylic acids is 1. The SMILES string of the molecule is Cc1ccc(S(=O)(=O)N2CC(C(=O)Nc3cccc(F)c3)Oc3ccccc32)cc1. The van der Waals surface area contributed by atoms with Crippen LogP contribution in [0.5, 0.6) is 5.75 Å². The Balaban J connectivity index is 1.67. The van der Waals surface area contributed by atoms with E-state index in [2.05, 4.69) is 5.32 Å². The lowest BCUT2D eigenvalue weighted by atomic mass is 10.2. The van der Waals surface area contributed by atoms with Crippen LogP contribution >= 0.6 is 0 Å². The Morgan fingerprint density at radius 3 is 2.53 bits per heavy atom. The van der Waals surface area contributed by atoms with Gasteiger partial charge in [-0.1, -0.05) is 35.9 Å². The van der Waals surface area contributed by atoms with E-state index in [1.807, 2.05) is 6.92 Å². The highest BCUT2D eigenvalue weighted by atomic mass is 32.2. The van der Waals surface area contributed by atoms with Crippen molar-refractivity contribution >= 4 is 27.3 Å². The third-order valence-electron chi connectivity index (χ3n) is 4.73. The van der Waals surface area contributed by atoms with Crippen LogP contribution < -0.4 is 14.4 Å². The number of anilines is 2. The molecule has 8 heteroatoms. The molecular formula is C22H19FN2O4S. The molecule has 154 valence electrons. The lowest BCUT2D eigenvalue weighted by Gasteiger charge is -2.34. The first-order chi connectivity index (χ1) is 14.3. The molecule has 1 unspecified atom stereocenters. The van der Waals surface area contributed by atoms with Crippen molar-refractivity contribution in [3.63, 3.8) is 0 Å². The van der Waals surface area contributed by atoms with E-state index >= 15 is 0 Å². The second-order valence-corrected chi connectivity index (χ2v) is 8.79. The van der Waals surface area contributed by atoms with Crippen LogP contribution in [0, 0.1) is 12.7 Å². The summed E-state index contributed by atoms with van der Waals surface area (Å²) in [6.07, 6.45) is -1.11. The number of nitrogens with one attached hydrogen (secondary N) is 1. The molecule has 1 aliphatic heterocycles.